The molecule has 3 aromatic heterocycles. The van der Waals surface area contributed by atoms with Gasteiger partial charge in [0.25, 0.3) is 0 Å². The van der Waals surface area contributed by atoms with Crippen molar-refractivity contribution < 1.29 is 8.83 Å². The molecule has 4 nitrogen and oxygen atoms in total. The summed E-state index contributed by atoms with van der Waals surface area (Å²) >= 11 is 0. The molecule has 0 saturated carbocycles. The Labute approximate surface area is 493 Å². The molecule has 8 aromatic carbocycles. The van der Waals surface area contributed by atoms with Crippen LogP contribution < -0.4 is 15.5 Å². The molecular weight excluding hydrogens is 1010 g/mol. The Hall–Kier alpha value is -8.86. The van der Waals surface area contributed by atoms with Gasteiger partial charge in [0.1, 0.15) is 16.8 Å². The summed E-state index contributed by atoms with van der Waals surface area (Å²) in [5.41, 5.74) is 24.0. The third kappa shape index (κ3) is 10.7. The summed E-state index contributed by atoms with van der Waals surface area (Å²) in [6.45, 7) is 40.1. The molecule has 4 heteroatoms. The number of rotatable bonds is 10. The third-order valence-electron chi connectivity index (χ3n) is 16.6. The highest BCUT2D eigenvalue weighted by Gasteiger charge is 2.38. The van der Waals surface area contributed by atoms with Gasteiger partial charge in [-0.2, -0.15) is 0 Å². The number of allylic oxidation sites excluding steroid dienone is 3. The smallest absolute Gasteiger partial charge is 0.154 e. The van der Waals surface area contributed by atoms with Crippen LogP contribution in [0, 0.1) is 27.7 Å². The van der Waals surface area contributed by atoms with Gasteiger partial charge in [0.05, 0.1) is 16.9 Å². The lowest BCUT2D eigenvalue weighted by atomic mass is 9.81. The van der Waals surface area contributed by atoms with E-state index in [4.69, 9.17) is 8.83 Å². The molecule has 0 radical (unpaired) electrons. The molecule has 0 saturated heterocycles. The largest absolute Gasteiger partial charge is 0.456 e. The van der Waals surface area contributed by atoms with E-state index in [9.17, 15) is 0 Å². The van der Waals surface area contributed by atoms with E-state index in [2.05, 4.69) is 250 Å². The Bertz CT molecular complexity index is 4430. The second-order valence-electron chi connectivity index (χ2n) is 22.4. The minimum atomic E-state index is -0.184. The Morgan fingerprint density at radius 2 is 1.30 bits per heavy atom. The number of anilines is 2. The molecule has 0 unspecified atom stereocenters. The van der Waals surface area contributed by atoms with Gasteiger partial charge in [0, 0.05) is 56.2 Å². The van der Waals surface area contributed by atoms with Crippen LogP contribution in [0.4, 0.5) is 11.4 Å². The van der Waals surface area contributed by atoms with Crippen LogP contribution >= 0.6 is 0 Å². The molecule has 0 amide bonds. The Balaban J connectivity index is 0.000000203. The van der Waals surface area contributed by atoms with Crippen molar-refractivity contribution in [3.05, 3.63) is 256 Å². The van der Waals surface area contributed by atoms with Crippen LogP contribution in [-0.2, 0) is 12.5 Å². The van der Waals surface area contributed by atoms with Crippen LogP contribution in [0.3, 0.4) is 0 Å². The molecule has 12 rings (SSSR count). The number of benzene rings is 8. The Morgan fingerprint density at radius 3 is 1.98 bits per heavy atom. The van der Waals surface area contributed by atoms with Crippen molar-refractivity contribution in [2.45, 2.75) is 108 Å². The number of fused-ring (bicyclic) bond motifs is 9. The number of nitrogens with zero attached hydrogens (tertiary/aromatic N) is 2. The van der Waals surface area contributed by atoms with E-state index in [-0.39, 0.29) is 5.41 Å². The topological polar surface area (TPSA) is 34.5 Å². The molecule has 11 aromatic rings. The monoisotopic (exact) mass is 1090 g/mol. The number of hydrogen-bond acceptors (Lipinski definition) is 3. The van der Waals surface area contributed by atoms with E-state index in [1.165, 1.54) is 88.2 Å². The Kier molecular flexibility index (Phi) is 17.5. The average Bonchev–Trinajstić information content (AvgIpc) is 2.46. The first-order chi connectivity index (χ1) is 40.0. The molecule has 0 aliphatic heterocycles. The molecule has 0 fully saturated rings. The van der Waals surface area contributed by atoms with E-state index in [1.54, 1.807) is 6.08 Å². The fourth-order valence-corrected chi connectivity index (χ4v) is 12.4. The molecule has 0 N–H and O–H groups in total. The standard InChI is InChI=1S/C47H44N2O.C17H20.C13H12O.C2H6/c1-9-17-33-30(5)46(50-43(33)11-3)42(18-10-2)49(41-24-16-23-40-45(41)36-21-14-15-22-39(36)48(40)8)31-25-26-35-37(28-31)47(6,7)38-27-29(4)32-19-12-13-20-34(32)44(35)38;1-12(2)15-11-7-9-14(4)17(15)16-10-6-5-8-13(16)3;1-4-9(2)13-10(3)11-7-5-6-8-12(11)14-13;1-2/h9,11-28H,3,10H2,1-2,4-8H3;5-12H,1-4H3;4-8H,1,3H2,2H3;1-2H3/b17-9-,42-18+;;13-9+;. The molecule has 3 heterocycles. The number of para-hydroxylation sites is 2. The number of aromatic nitrogens is 1. The second kappa shape index (κ2) is 24.7. The first-order valence-corrected chi connectivity index (χ1v) is 29.5. The highest BCUT2D eigenvalue weighted by Crippen LogP contribution is 2.54. The van der Waals surface area contributed by atoms with Gasteiger partial charge in [0.2, 0.25) is 0 Å². The quantitative estimate of drug-likeness (QED) is 0.137. The van der Waals surface area contributed by atoms with Gasteiger partial charge < -0.3 is 18.3 Å². The maximum atomic E-state index is 6.75. The molecule has 1 aliphatic rings. The highest BCUT2D eigenvalue weighted by molar-refractivity contribution is 6.16. The van der Waals surface area contributed by atoms with E-state index < -0.39 is 0 Å². The molecular formula is C79H82N2O2. The summed E-state index contributed by atoms with van der Waals surface area (Å²) in [5, 5.41) is 7.11. The summed E-state index contributed by atoms with van der Waals surface area (Å²) in [6.07, 6.45) is 11.0. The predicted molar refractivity (Wildman–Crippen MR) is 362 cm³/mol. The van der Waals surface area contributed by atoms with Crippen molar-refractivity contribution in [1.82, 2.24) is 4.57 Å². The summed E-state index contributed by atoms with van der Waals surface area (Å²) in [5.74, 6) is 2.20. The van der Waals surface area contributed by atoms with Crippen molar-refractivity contribution in [3.63, 3.8) is 0 Å². The van der Waals surface area contributed by atoms with Crippen molar-refractivity contribution in [2.24, 2.45) is 7.05 Å². The first kappa shape index (κ1) is 58.8. The van der Waals surface area contributed by atoms with Gasteiger partial charge in [0.15, 0.2) is 5.76 Å². The Morgan fingerprint density at radius 1 is 0.663 bits per heavy atom. The normalized spacial score (nSPS) is 12.8. The number of hydrogen-bond donors (Lipinski definition) is 0. The minimum Gasteiger partial charge on any atom is -0.456 e. The predicted octanol–water partition coefficient (Wildman–Crippen LogP) is 21.6. The van der Waals surface area contributed by atoms with E-state index in [0.717, 1.165) is 73.3 Å². The van der Waals surface area contributed by atoms with Crippen LogP contribution in [0.15, 0.2) is 198 Å². The summed E-state index contributed by atoms with van der Waals surface area (Å²) in [6, 6.07) is 56.9. The van der Waals surface area contributed by atoms with E-state index in [0.29, 0.717) is 5.92 Å². The van der Waals surface area contributed by atoms with Crippen LogP contribution in [0.5, 0.6) is 0 Å². The van der Waals surface area contributed by atoms with Gasteiger partial charge in [-0.1, -0.05) is 214 Å². The van der Waals surface area contributed by atoms with Crippen LogP contribution in [0.1, 0.15) is 131 Å². The SMILES string of the molecule is C=C/C(C)=c1/oc2ccccc2c1=C.C=Cc1oc(/C(=C\CC)N(c2ccc3c(c2)C(C)(C)c2cc(C)c4ccccc4c2-3)c2cccc3c2c2ccccc2n3C)c(C)c1/C=C\C.CC.Cc1ccccc1-c1c(C)cccc1C(C)C. The molecule has 0 atom stereocenters. The number of aryl methyl sites for hydroxylation is 4. The highest BCUT2D eigenvalue weighted by atomic mass is 16.3. The van der Waals surface area contributed by atoms with Crippen molar-refractivity contribution in [3.8, 4) is 22.3 Å². The van der Waals surface area contributed by atoms with Crippen LogP contribution in [-0.4, -0.2) is 4.57 Å². The van der Waals surface area contributed by atoms with Gasteiger partial charge in [-0.3, -0.25) is 0 Å². The van der Waals surface area contributed by atoms with Crippen LogP contribution in [0.2, 0.25) is 0 Å². The first-order valence-electron chi connectivity index (χ1n) is 29.5. The fraction of sp³-hybridized carbons (Fsp3) is 0.215. The minimum absolute atomic E-state index is 0.184. The zero-order chi connectivity index (χ0) is 59.4. The molecule has 83 heavy (non-hydrogen) atoms. The summed E-state index contributed by atoms with van der Waals surface area (Å²) in [4.78, 5) is 2.44. The second-order valence-corrected chi connectivity index (χ2v) is 22.4. The van der Waals surface area contributed by atoms with E-state index >= 15 is 0 Å². The molecule has 0 spiro atoms. The summed E-state index contributed by atoms with van der Waals surface area (Å²) in [7, 11) is 2.17. The molecule has 0 bridgehead atoms. The molecule has 420 valence electrons. The van der Waals surface area contributed by atoms with E-state index in [1.807, 2.05) is 58.0 Å². The van der Waals surface area contributed by atoms with Gasteiger partial charge in [-0.15, -0.1) is 0 Å². The van der Waals surface area contributed by atoms with Crippen molar-refractivity contribution in [1.29, 1.82) is 0 Å². The van der Waals surface area contributed by atoms with Gasteiger partial charge >= 0.3 is 0 Å². The lowest BCUT2D eigenvalue weighted by Gasteiger charge is -2.30. The fourth-order valence-electron chi connectivity index (χ4n) is 12.4. The van der Waals surface area contributed by atoms with Crippen molar-refractivity contribution >= 4 is 84.9 Å². The summed E-state index contributed by atoms with van der Waals surface area (Å²) < 4.78 is 14.7. The maximum Gasteiger partial charge on any atom is 0.154 e. The average molecular weight is 1090 g/mol. The lowest BCUT2D eigenvalue weighted by molar-refractivity contribution is 0.539. The zero-order valence-corrected chi connectivity index (χ0v) is 51.5. The number of furan rings is 2. The van der Waals surface area contributed by atoms with Crippen molar-refractivity contribution in [2.75, 3.05) is 4.90 Å². The lowest BCUT2D eigenvalue weighted by Crippen LogP contribution is -2.19. The van der Waals surface area contributed by atoms with Crippen LogP contribution in [0.25, 0.3) is 95.8 Å². The zero-order valence-electron chi connectivity index (χ0n) is 51.5. The maximum absolute atomic E-state index is 6.75. The van der Waals surface area contributed by atoms with Gasteiger partial charge in [-0.25, -0.2) is 0 Å². The third-order valence-corrected chi connectivity index (χ3v) is 16.6. The van der Waals surface area contributed by atoms with Gasteiger partial charge in [-0.05, 0) is 168 Å². The molecule has 1 aliphatic carbocycles.